The number of rotatable bonds is 4. The average Bonchev–Trinajstić information content (AvgIpc) is 2.37. The van der Waals surface area contributed by atoms with Gasteiger partial charge in [-0.05, 0) is 42.3 Å². The Bertz CT molecular complexity index is 572. The highest BCUT2D eigenvalue weighted by Gasteiger charge is 2.15. The number of nitrogens with two attached hydrogens (primary N) is 1. The minimum atomic E-state index is -0.570. The molecule has 4 heteroatoms. The number of hydrogen-bond donors (Lipinski definition) is 1. The summed E-state index contributed by atoms with van der Waals surface area (Å²) in [6, 6.07) is 11.4. The Hall–Kier alpha value is -1.26. The lowest BCUT2D eigenvalue weighted by atomic mass is 9.91. The fourth-order valence-corrected chi connectivity index (χ4v) is 2.55. The maximum absolute atomic E-state index is 13.8. The Balaban J connectivity index is 2.25. The van der Waals surface area contributed by atoms with Crippen LogP contribution in [0.1, 0.15) is 17.0 Å². The van der Waals surface area contributed by atoms with Crippen LogP contribution >= 0.6 is 15.9 Å². The van der Waals surface area contributed by atoms with Crippen LogP contribution in [0.5, 0.6) is 0 Å². The molecular formula is C15H14BrF2N. The number of benzene rings is 2. The zero-order valence-electron chi connectivity index (χ0n) is 10.2. The third-order valence-corrected chi connectivity index (χ3v) is 3.55. The van der Waals surface area contributed by atoms with Gasteiger partial charge in [0.2, 0.25) is 0 Å². The van der Waals surface area contributed by atoms with Gasteiger partial charge >= 0.3 is 0 Å². The summed E-state index contributed by atoms with van der Waals surface area (Å²) in [4.78, 5) is 0. The van der Waals surface area contributed by atoms with Crippen molar-refractivity contribution in [2.24, 2.45) is 5.73 Å². The molecular weight excluding hydrogens is 312 g/mol. The highest BCUT2D eigenvalue weighted by atomic mass is 79.9. The summed E-state index contributed by atoms with van der Waals surface area (Å²) in [5.74, 6) is -1.26. The Morgan fingerprint density at radius 1 is 1.11 bits per heavy atom. The third kappa shape index (κ3) is 3.61. The predicted molar refractivity (Wildman–Crippen MR) is 76.0 cm³/mol. The molecule has 0 aromatic heterocycles. The summed E-state index contributed by atoms with van der Waals surface area (Å²) < 4.78 is 27.7. The molecule has 0 aliphatic rings. The van der Waals surface area contributed by atoms with Gasteiger partial charge in [-0.2, -0.15) is 0 Å². The molecule has 19 heavy (non-hydrogen) atoms. The first-order chi connectivity index (χ1) is 9.10. The van der Waals surface area contributed by atoms with Crippen molar-refractivity contribution >= 4 is 15.9 Å². The van der Waals surface area contributed by atoms with Gasteiger partial charge in [-0.3, -0.25) is 0 Å². The minimum Gasteiger partial charge on any atom is -0.330 e. The summed E-state index contributed by atoms with van der Waals surface area (Å²) in [6.07, 6.45) is 0.624. The molecule has 2 aromatic rings. The predicted octanol–water partition coefficient (Wildman–Crippen LogP) is 4.01. The highest BCUT2D eigenvalue weighted by Crippen LogP contribution is 2.24. The highest BCUT2D eigenvalue weighted by molar-refractivity contribution is 9.10. The van der Waals surface area contributed by atoms with Gasteiger partial charge in [-0.1, -0.05) is 34.1 Å². The second kappa shape index (κ2) is 6.26. The molecule has 1 unspecified atom stereocenters. The molecule has 0 fully saturated rings. The molecule has 0 aliphatic carbocycles. The Labute approximate surface area is 119 Å². The molecule has 0 radical (unpaired) electrons. The molecule has 0 amide bonds. The average molecular weight is 326 g/mol. The van der Waals surface area contributed by atoms with E-state index in [0.29, 0.717) is 18.5 Å². The molecule has 0 heterocycles. The maximum atomic E-state index is 13.8. The molecule has 2 rings (SSSR count). The van der Waals surface area contributed by atoms with Crippen molar-refractivity contribution in [3.63, 3.8) is 0 Å². The molecule has 2 N–H and O–H groups in total. The normalized spacial score (nSPS) is 12.4. The summed E-state index contributed by atoms with van der Waals surface area (Å²) in [5, 5.41) is 0. The summed E-state index contributed by atoms with van der Waals surface area (Å²) in [5.41, 5.74) is 7.25. The SMILES string of the molecule is NCC(Cc1cccc(Br)c1)c1ccc(F)cc1F. The van der Waals surface area contributed by atoms with Crippen LogP contribution in [0.3, 0.4) is 0 Å². The first-order valence-electron chi connectivity index (χ1n) is 5.99. The fourth-order valence-electron chi connectivity index (χ4n) is 2.10. The van der Waals surface area contributed by atoms with Crippen molar-refractivity contribution in [1.29, 1.82) is 0 Å². The summed E-state index contributed by atoms with van der Waals surface area (Å²) in [7, 11) is 0. The molecule has 0 spiro atoms. The Kier molecular flexibility index (Phi) is 4.66. The molecule has 0 saturated heterocycles. The molecule has 0 bridgehead atoms. The lowest BCUT2D eigenvalue weighted by Gasteiger charge is -2.16. The molecule has 0 saturated carbocycles. The van der Waals surface area contributed by atoms with E-state index in [-0.39, 0.29) is 5.92 Å². The summed E-state index contributed by atoms with van der Waals surface area (Å²) >= 11 is 3.40. The van der Waals surface area contributed by atoms with E-state index < -0.39 is 11.6 Å². The largest absolute Gasteiger partial charge is 0.330 e. The van der Waals surface area contributed by atoms with Crippen molar-refractivity contribution in [3.8, 4) is 0 Å². The van der Waals surface area contributed by atoms with E-state index in [1.165, 1.54) is 12.1 Å². The zero-order valence-corrected chi connectivity index (χ0v) is 11.8. The lowest BCUT2D eigenvalue weighted by Crippen LogP contribution is -2.16. The fraction of sp³-hybridized carbons (Fsp3) is 0.200. The van der Waals surface area contributed by atoms with Crippen molar-refractivity contribution < 1.29 is 8.78 Å². The number of halogens is 3. The van der Waals surface area contributed by atoms with Crippen LogP contribution < -0.4 is 5.73 Å². The smallest absolute Gasteiger partial charge is 0.129 e. The van der Waals surface area contributed by atoms with Crippen molar-refractivity contribution in [2.75, 3.05) is 6.54 Å². The van der Waals surface area contributed by atoms with E-state index in [1.807, 2.05) is 24.3 Å². The van der Waals surface area contributed by atoms with Gasteiger partial charge in [0.25, 0.3) is 0 Å². The second-order valence-electron chi connectivity index (χ2n) is 4.43. The minimum absolute atomic E-state index is 0.158. The van der Waals surface area contributed by atoms with Crippen LogP contribution in [0.2, 0.25) is 0 Å². The van der Waals surface area contributed by atoms with E-state index in [0.717, 1.165) is 16.1 Å². The molecule has 2 aromatic carbocycles. The maximum Gasteiger partial charge on any atom is 0.129 e. The lowest BCUT2D eigenvalue weighted by molar-refractivity contribution is 0.551. The molecule has 1 nitrogen and oxygen atoms in total. The van der Waals surface area contributed by atoms with Gasteiger partial charge in [-0.25, -0.2) is 8.78 Å². The van der Waals surface area contributed by atoms with Crippen LogP contribution in [0.15, 0.2) is 46.9 Å². The standard InChI is InChI=1S/C15H14BrF2N/c16-12-3-1-2-10(7-12)6-11(9-19)14-5-4-13(17)8-15(14)18/h1-5,7-8,11H,6,9,19H2. The van der Waals surface area contributed by atoms with E-state index in [2.05, 4.69) is 15.9 Å². The quantitative estimate of drug-likeness (QED) is 0.903. The Morgan fingerprint density at radius 3 is 2.53 bits per heavy atom. The molecule has 1 atom stereocenters. The van der Waals surface area contributed by atoms with Gasteiger partial charge in [0.15, 0.2) is 0 Å². The van der Waals surface area contributed by atoms with Crippen LogP contribution in [-0.2, 0) is 6.42 Å². The van der Waals surface area contributed by atoms with Gasteiger partial charge < -0.3 is 5.73 Å². The second-order valence-corrected chi connectivity index (χ2v) is 5.35. The van der Waals surface area contributed by atoms with Crippen LogP contribution in [0.25, 0.3) is 0 Å². The molecule has 100 valence electrons. The molecule has 0 aliphatic heterocycles. The number of hydrogen-bond acceptors (Lipinski definition) is 1. The van der Waals surface area contributed by atoms with Gasteiger partial charge in [-0.15, -0.1) is 0 Å². The van der Waals surface area contributed by atoms with Gasteiger partial charge in [0.1, 0.15) is 11.6 Å². The van der Waals surface area contributed by atoms with E-state index in [9.17, 15) is 8.78 Å². The third-order valence-electron chi connectivity index (χ3n) is 3.06. The monoisotopic (exact) mass is 325 g/mol. The van der Waals surface area contributed by atoms with Crippen molar-refractivity contribution in [2.45, 2.75) is 12.3 Å². The van der Waals surface area contributed by atoms with E-state index >= 15 is 0 Å². The first-order valence-corrected chi connectivity index (χ1v) is 6.79. The van der Waals surface area contributed by atoms with Crippen molar-refractivity contribution in [1.82, 2.24) is 0 Å². The van der Waals surface area contributed by atoms with Gasteiger partial charge in [0, 0.05) is 16.5 Å². The zero-order chi connectivity index (χ0) is 13.8. The van der Waals surface area contributed by atoms with E-state index in [4.69, 9.17) is 5.73 Å². The first kappa shape index (κ1) is 14.2. The topological polar surface area (TPSA) is 26.0 Å². The summed E-state index contributed by atoms with van der Waals surface area (Å²) in [6.45, 7) is 0.315. The van der Waals surface area contributed by atoms with E-state index in [1.54, 1.807) is 0 Å². The Morgan fingerprint density at radius 2 is 1.89 bits per heavy atom. The van der Waals surface area contributed by atoms with Crippen molar-refractivity contribution in [3.05, 3.63) is 69.7 Å². The van der Waals surface area contributed by atoms with Gasteiger partial charge in [0.05, 0.1) is 0 Å². The van der Waals surface area contributed by atoms with Crippen LogP contribution in [0, 0.1) is 11.6 Å². The van der Waals surface area contributed by atoms with Crippen LogP contribution in [-0.4, -0.2) is 6.54 Å². The van der Waals surface area contributed by atoms with Crippen LogP contribution in [0.4, 0.5) is 8.78 Å².